The van der Waals surface area contributed by atoms with Gasteiger partial charge in [-0.2, -0.15) is 5.10 Å². The molecule has 2 aromatic rings. The monoisotopic (exact) mass is 442 g/mol. The first-order valence-corrected chi connectivity index (χ1v) is 10.0. The summed E-state index contributed by atoms with van der Waals surface area (Å²) in [7, 11) is 0. The van der Waals surface area contributed by atoms with Gasteiger partial charge in [0.2, 0.25) is 0 Å². The summed E-state index contributed by atoms with van der Waals surface area (Å²) in [6.07, 6.45) is 4.09. The van der Waals surface area contributed by atoms with Crippen LogP contribution >= 0.6 is 27.5 Å². The van der Waals surface area contributed by atoms with Gasteiger partial charge in [-0.15, -0.1) is 0 Å². The summed E-state index contributed by atoms with van der Waals surface area (Å²) in [6, 6.07) is 2.18. The molecule has 0 bridgehead atoms. The van der Waals surface area contributed by atoms with Crippen LogP contribution < -0.4 is 0 Å². The number of pyridine rings is 1. The number of rotatable bonds is 1. The Labute approximate surface area is 167 Å². The van der Waals surface area contributed by atoms with Gasteiger partial charge in [0, 0.05) is 18.8 Å². The molecule has 2 aromatic heterocycles. The van der Waals surface area contributed by atoms with Gasteiger partial charge < -0.3 is 9.64 Å². The Bertz CT molecular complexity index is 817. The quantitative estimate of drug-likeness (QED) is 0.569. The predicted molar refractivity (Wildman–Crippen MR) is 106 cm³/mol. The van der Waals surface area contributed by atoms with Crippen LogP contribution in [-0.2, 0) is 4.74 Å². The van der Waals surface area contributed by atoms with Gasteiger partial charge >= 0.3 is 6.09 Å². The molecule has 1 amide bonds. The van der Waals surface area contributed by atoms with Crippen molar-refractivity contribution in [2.24, 2.45) is 0 Å². The van der Waals surface area contributed by atoms with E-state index in [9.17, 15) is 4.79 Å². The van der Waals surface area contributed by atoms with Gasteiger partial charge in [-0.05, 0) is 69.0 Å². The average molecular weight is 444 g/mol. The van der Waals surface area contributed by atoms with Crippen molar-refractivity contribution in [2.75, 3.05) is 6.54 Å². The summed E-state index contributed by atoms with van der Waals surface area (Å²) in [6.45, 7) is 8.43. The van der Waals surface area contributed by atoms with Gasteiger partial charge in [0.25, 0.3) is 0 Å². The molecule has 0 aromatic carbocycles. The zero-order valence-electron chi connectivity index (χ0n) is 15.5. The second-order valence-corrected chi connectivity index (χ2v) is 8.89. The zero-order chi connectivity index (χ0) is 19.1. The van der Waals surface area contributed by atoms with E-state index >= 15 is 0 Å². The molecule has 1 aliphatic heterocycles. The number of likely N-dealkylation sites (tertiary alicyclic amines) is 1. The second-order valence-electron chi connectivity index (χ2n) is 7.79. The summed E-state index contributed by atoms with van der Waals surface area (Å²) >= 11 is 9.73. The number of amides is 1. The predicted octanol–water partition coefficient (Wildman–Crippen LogP) is 5.20. The third-order valence-corrected chi connectivity index (χ3v) is 5.43. The lowest BCUT2D eigenvalue weighted by molar-refractivity contribution is 0.0178. The molecule has 2 atom stereocenters. The Balaban J connectivity index is 1.84. The second kappa shape index (κ2) is 7.35. The first-order valence-electron chi connectivity index (χ1n) is 8.85. The van der Waals surface area contributed by atoms with Crippen LogP contribution in [0.5, 0.6) is 0 Å². The van der Waals surface area contributed by atoms with E-state index in [1.807, 2.05) is 36.4 Å². The van der Waals surface area contributed by atoms with Gasteiger partial charge in [-0.25, -0.2) is 9.78 Å². The van der Waals surface area contributed by atoms with Crippen LogP contribution in [0.3, 0.4) is 0 Å². The standard InChI is InChI=1S/C18H24BrClN4O2/c1-11-10-12(6-5-9-23(11)17(25)26-18(2,3)4)24-13-7-8-21-16(20)14(13)15(19)22-24/h7-8,11-12H,5-6,9-10H2,1-4H3/t11-,12+/m0/s1. The molecule has 3 rings (SSSR count). The molecule has 0 N–H and O–H groups in total. The first-order chi connectivity index (χ1) is 12.2. The first kappa shape index (κ1) is 19.4. The molecule has 0 radical (unpaired) electrons. The molecule has 0 spiro atoms. The van der Waals surface area contributed by atoms with Gasteiger partial charge in [0.15, 0.2) is 0 Å². The van der Waals surface area contributed by atoms with Crippen LogP contribution in [0.25, 0.3) is 10.9 Å². The molecule has 0 aliphatic carbocycles. The highest BCUT2D eigenvalue weighted by Crippen LogP contribution is 2.34. The fourth-order valence-electron chi connectivity index (χ4n) is 3.46. The number of nitrogens with zero attached hydrogens (tertiary/aromatic N) is 4. The molecule has 1 fully saturated rings. The van der Waals surface area contributed by atoms with E-state index in [-0.39, 0.29) is 18.2 Å². The third-order valence-electron chi connectivity index (χ3n) is 4.59. The van der Waals surface area contributed by atoms with E-state index < -0.39 is 5.60 Å². The van der Waals surface area contributed by atoms with E-state index in [2.05, 4.69) is 32.9 Å². The van der Waals surface area contributed by atoms with E-state index in [1.165, 1.54) is 0 Å². The fraction of sp³-hybridized carbons (Fsp3) is 0.611. The summed E-state index contributed by atoms with van der Waals surface area (Å²) in [5, 5.41) is 5.92. The Kier molecular flexibility index (Phi) is 5.49. The van der Waals surface area contributed by atoms with Gasteiger partial charge in [0.1, 0.15) is 15.4 Å². The molecule has 1 aliphatic rings. The molecule has 0 saturated carbocycles. The van der Waals surface area contributed by atoms with Gasteiger partial charge in [-0.1, -0.05) is 11.6 Å². The molecule has 0 unspecified atom stereocenters. The number of aromatic nitrogens is 3. The molecular formula is C18H24BrClN4O2. The summed E-state index contributed by atoms with van der Waals surface area (Å²) in [5.74, 6) is 0. The maximum atomic E-state index is 12.5. The fourth-order valence-corrected chi connectivity index (χ4v) is 4.37. The van der Waals surface area contributed by atoms with Crippen molar-refractivity contribution in [3.05, 3.63) is 22.0 Å². The molecule has 1 saturated heterocycles. The SMILES string of the molecule is C[C@H]1C[C@H](n2nc(Br)c3c(Cl)nccc32)CCCN1C(=O)OC(C)(C)C. The normalized spacial score (nSPS) is 21.7. The minimum atomic E-state index is -0.491. The summed E-state index contributed by atoms with van der Waals surface area (Å²) < 4.78 is 8.28. The van der Waals surface area contributed by atoms with Gasteiger partial charge in [-0.3, -0.25) is 4.68 Å². The highest BCUT2D eigenvalue weighted by Gasteiger charge is 2.31. The maximum Gasteiger partial charge on any atom is 0.410 e. The van der Waals surface area contributed by atoms with Crippen molar-refractivity contribution in [1.29, 1.82) is 0 Å². The zero-order valence-corrected chi connectivity index (χ0v) is 17.8. The van der Waals surface area contributed by atoms with Crippen molar-refractivity contribution in [3.63, 3.8) is 0 Å². The molecular weight excluding hydrogens is 420 g/mol. The van der Waals surface area contributed by atoms with Crippen molar-refractivity contribution in [3.8, 4) is 0 Å². The van der Waals surface area contributed by atoms with E-state index in [4.69, 9.17) is 16.3 Å². The number of halogens is 2. The lowest BCUT2D eigenvalue weighted by Gasteiger charge is -2.31. The Morgan fingerprint density at radius 2 is 2.15 bits per heavy atom. The van der Waals surface area contributed by atoms with Crippen molar-refractivity contribution < 1.29 is 9.53 Å². The third kappa shape index (κ3) is 3.98. The highest BCUT2D eigenvalue weighted by molar-refractivity contribution is 9.10. The van der Waals surface area contributed by atoms with Gasteiger partial charge in [0.05, 0.1) is 16.9 Å². The molecule has 6 nitrogen and oxygen atoms in total. The van der Waals surface area contributed by atoms with E-state index in [0.717, 1.165) is 30.2 Å². The molecule has 26 heavy (non-hydrogen) atoms. The van der Waals surface area contributed by atoms with Crippen LogP contribution in [0.2, 0.25) is 5.15 Å². The van der Waals surface area contributed by atoms with Crippen LogP contribution in [0, 0.1) is 0 Å². The largest absolute Gasteiger partial charge is 0.444 e. The van der Waals surface area contributed by atoms with Crippen LogP contribution in [0.15, 0.2) is 16.9 Å². The number of fused-ring (bicyclic) bond motifs is 1. The summed E-state index contributed by atoms with van der Waals surface area (Å²) in [4.78, 5) is 18.5. The number of hydrogen-bond donors (Lipinski definition) is 0. The Hall–Kier alpha value is -1.34. The number of hydrogen-bond acceptors (Lipinski definition) is 4. The van der Waals surface area contributed by atoms with Crippen molar-refractivity contribution >= 4 is 44.5 Å². The maximum absolute atomic E-state index is 12.5. The average Bonchev–Trinajstić information content (AvgIpc) is 2.74. The Morgan fingerprint density at radius 3 is 2.85 bits per heavy atom. The molecule has 142 valence electrons. The van der Waals surface area contributed by atoms with Crippen molar-refractivity contribution in [1.82, 2.24) is 19.7 Å². The topological polar surface area (TPSA) is 60.2 Å². The van der Waals surface area contributed by atoms with Crippen LogP contribution in [0.4, 0.5) is 4.79 Å². The minimum Gasteiger partial charge on any atom is -0.444 e. The number of carbonyl (C=O) groups is 1. The summed E-state index contributed by atoms with van der Waals surface area (Å²) in [5.41, 5.74) is 0.467. The lowest BCUT2D eigenvalue weighted by Crippen LogP contribution is -2.42. The van der Waals surface area contributed by atoms with E-state index in [0.29, 0.717) is 16.3 Å². The van der Waals surface area contributed by atoms with Crippen LogP contribution in [-0.4, -0.2) is 43.9 Å². The number of carbonyl (C=O) groups excluding carboxylic acids is 1. The van der Waals surface area contributed by atoms with Crippen molar-refractivity contribution in [2.45, 2.75) is 64.6 Å². The van der Waals surface area contributed by atoms with E-state index in [1.54, 1.807) is 6.20 Å². The minimum absolute atomic E-state index is 0.0627. The number of ether oxygens (including phenoxy) is 1. The Morgan fingerprint density at radius 1 is 1.42 bits per heavy atom. The smallest absolute Gasteiger partial charge is 0.410 e. The molecule has 8 heteroatoms. The highest BCUT2D eigenvalue weighted by atomic mass is 79.9. The molecule has 3 heterocycles. The van der Waals surface area contributed by atoms with Crippen LogP contribution in [0.1, 0.15) is 53.0 Å². The lowest BCUT2D eigenvalue weighted by atomic mass is 10.1.